The summed E-state index contributed by atoms with van der Waals surface area (Å²) in [5.41, 5.74) is 0.546. The van der Waals surface area contributed by atoms with E-state index in [1.807, 2.05) is 13.3 Å². The van der Waals surface area contributed by atoms with E-state index in [-0.39, 0.29) is 0 Å². The van der Waals surface area contributed by atoms with Crippen molar-refractivity contribution in [3.8, 4) is 0 Å². The van der Waals surface area contributed by atoms with E-state index in [0.717, 1.165) is 0 Å². The molecule has 0 unspecified atom stereocenters. The molecule has 0 bridgehead atoms. The van der Waals surface area contributed by atoms with E-state index in [1.54, 1.807) is 0 Å². The number of thiol groups is 1. The number of rotatable bonds is 1. The van der Waals surface area contributed by atoms with Crippen molar-refractivity contribution >= 4 is 18.3 Å². The van der Waals surface area contributed by atoms with Crippen LogP contribution in [0.5, 0.6) is 0 Å². The molecule has 1 rings (SSSR count). The van der Waals surface area contributed by atoms with E-state index in [2.05, 4.69) is 12.2 Å². The molecular weight excluding hydrogens is 139 g/mol. The first-order chi connectivity index (χ1) is 3.36. The summed E-state index contributed by atoms with van der Waals surface area (Å²) in [6.07, 6.45) is 2.37. The third kappa shape index (κ3) is 1.61. The third-order valence-corrected chi connectivity index (χ3v) is 5.21. The first kappa shape index (κ1) is 6.85. The van der Waals surface area contributed by atoms with Crippen LogP contribution in [0.25, 0.3) is 0 Å². The molecule has 0 spiro atoms. The fourth-order valence-electron chi connectivity index (χ4n) is 0.822. The quantitative estimate of drug-likeness (QED) is 0.433. The van der Waals surface area contributed by atoms with Crippen molar-refractivity contribution in [3.05, 3.63) is 0 Å². The zero-order valence-corrected chi connectivity index (χ0v) is 7.12. The summed E-state index contributed by atoms with van der Waals surface area (Å²) in [5.74, 6) is 0. The molecule has 0 saturated heterocycles. The standard InChI is InChI=1S/C5H13OPS/c1-7(2,6,8)5-3-4-5/h5-6,8H,3-4H2,1-2H3. The van der Waals surface area contributed by atoms with Gasteiger partial charge in [0.05, 0.1) is 0 Å². The van der Waals surface area contributed by atoms with Crippen LogP contribution in [0.3, 0.4) is 0 Å². The molecule has 3 heteroatoms. The summed E-state index contributed by atoms with van der Waals surface area (Å²) >= 11 is 4.25. The Balaban J connectivity index is 2.63. The van der Waals surface area contributed by atoms with Crippen LogP contribution in [0.15, 0.2) is 0 Å². The summed E-state index contributed by atoms with van der Waals surface area (Å²) in [5, 5.41) is 0. The van der Waals surface area contributed by atoms with Crippen LogP contribution >= 0.6 is 18.3 Å². The Morgan fingerprint density at radius 2 is 1.88 bits per heavy atom. The molecule has 0 radical (unpaired) electrons. The maximum absolute atomic E-state index is 9.62. The minimum atomic E-state index is -2.38. The monoisotopic (exact) mass is 152 g/mol. The number of hydrogen-bond acceptors (Lipinski definition) is 2. The molecule has 1 nitrogen and oxygen atoms in total. The van der Waals surface area contributed by atoms with Crippen LogP contribution < -0.4 is 0 Å². The van der Waals surface area contributed by atoms with Gasteiger partial charge in [0.1, 0.15) is 0 Å². The van der Waals surface area contributed by atoms with Gasteiger partial charge in [0.25, 0.3) is 0 Å². The molecule has 0 aromatic carbocycles. The number of hydrogen-bond donors (Lipinski definition) is 2. The molecule has 0 aromatic rings. The van der Waals surface area contributed by atoms with Gasteiger partial charge in [0, 0.05) is 0 Å². The van der Waals surface area contributed by atoms with Crippen LogP contribution in [0.4, 0.5) is 0 Å². The van der Waals surface area contributed by atoms with Crippen molar-refractivity contribution < 1.29 is 4.89 Å². The van der Waals surface area contributed by atoms with Gasteiger partial charge in [-0.2, -0.15) is 0 Å². The minimum absolute atomic E-state index is 0.546. The van der Waals surface area contributed by atoms with Gasteiger partial charge in [-0.05, 0) is 0 Å². The molecule has 1 aliphatic rings. The summed E-state index contributed by atoms with van der Waals surface area (Å²) in [6, 6.07) is -2.38. The fourth-order valence-corrected chi connectivity index (χ4v) is 3.16. The van der Waals surface area contributed by atoms with Gasteiger partial charge in [0.15, 0.2) is 0 Å². The second-order valence-corrected chi connectivity index (χ2v) is 11.8. The van der Waals surface area contributed by atoms with E-state index < -0.39 is 6.03 Å². The molecule has 1 saturated carbocycles. The Labute approximate surface area is 55.6 Å². The Bertz CT molecular complexity index is 102. The van der Waals surface area contributed by atoms with Gasteiger partial charge >= 0.3 is 55.0 Å². The first-order valence-electron chi connectivity index (χ1n) is 2.87. The topological polar surface area (TPSA) is 20.2 Å². The van der Waals surface area contributed by atoms with E-state index in [0.29, 0.717) is 5.66 Å². The van der Waals surface area contributed by atoms with Crippen LogP contribution in [0.2, 0.25) is 0 Å². The van der Waals surface area contributed by atoms with Gasteiger partial charge in [-0.15, -0.1) is 0 Å². The predicted octanol–water partition coefficient (Wildman–Crippen LogP) is 1.71. The van der Waals surface area contributed by atoms with Crippen molar-refractivity contribution in [2.24, 2.45) is 0 Å². The molecule has 0 amide bonds. The van der Waals surface area contributed by atoms with E-state index in [4.69, 9.17) is 0 Å². The second kappa shape index (κ2) is 1.42. The van der Waals surface area contributed by atoms with E-state index >= 15 is 0 Å². The average Bonchev–Trinajstić information content (AvgIpc) is 1.93. The SMILES string of the molecule is CP(C)(O)(S)C1CC1. The van der Waals surface area contributed by atoms with Crippen molar-refractivity contribution in [1.29, 1.82) is 0 Å². The van der Waals surface area contributed by atoms with Crippen LogP contribution in [-0.4, -0.2) is 23.9 Å². The summed E-state index contributed by atoms with van der Waals surface area (Å²) in [4.78, 5) is 9.62. The van der Waals surface area contributed by atoms with Crippen molar-refractivity contribution in [1.82, 2.24) is 0 Å². The summed E-state index contributed by atoms with van der Waals surface area (Å²) < 4.78 is 0. The molecule has 0 atom stereocenters. The van der Waals surface area contributed by atoms with Gasteiger partial charge in [-0.1, -0.05) is 0 Å². The van der Waals surface area contributed by atoms with Crippen LogP contribution in [-0.2, 0) is 0 Å². The van der Waals surface area contributed by atoms with Gasteiger partial charge in [0.2, 0.25) is 0 Å². The van der Waals surface area contributed by atoms with E-state index in [9.17, 15) is 4.89 Å². The summed E-state index contributed by atoms with van der Waals surface area (Å²) in [7, 11) is 0. The second-order valence-electron chi connectivity index (χ2n) is 3.32. The Morgan fingerprint density at radius 3 is 1.88 bits per heavy atom. The molecule has 0 heterocycles. The van der Waals surface area contributed by atoms with Gasteiger partial charge in [-0.25, -0.2) is 0 Å². The molecule has 1 fully saturated rings. The molecule has 50 valence electrons. The van der Waals surface area contributed by atoms with Crippen molar-refractivity contribution in [2.45, 2.75) is 18.5 Å². The third-order valence-electron chi connectivity index (χ3n) is 1.60. The Hall–Kier alpha value is 0.740. The molecule has 8 heavy (non-hydrogen) atoms. The van der Waals surface area contributed by atoms with E-state index in [1.165, 1.54) is 12.8 Å². The maximum atomic E-state index is 9.62. The Kier molecular flexibility index (Phi) is 1.22. The zero-order valence-electron chi connectivity index (χ0n) is 5.33. The predicted molar refractivity (Wildman–Crippen MR) is 43.0 cm³/mol. The molecular formula is C5H13OPS. The van der Waals surface area contributed by atoms with Gasteiger partial charge < -0.3 is 0 Å². The van der Waals surface area contributed by atoms with Crippen molar-refractivity contribution in [2.75, 3.05) is 13.3 Å². The molecule has 0 aromatic heterocycles. The first-order valence-corrected chi connectivity index (χ1v) is 7.17. The Morgan fingerprint density at radius 1 is 1.50 bits per heavy atom. The fraction of sp³-hybridized carbons (Fsp3) is 1.00. The average molecular weight is 152 g/mol. The van der Waals surface area contributed by atoms with Crippen LogP contribution in [0.1, 0.15) is 12.8 Å². The van der Waals surface area contributed by atoms with Gasteiger partial charge in [-0.3, -0.25) is 0 Å². The zero-order chi connectivity index (χ0) is 6.44. The normalized spacial score (nSPS) is 26.8. The molecule has 1 aliphatic carbocycles. The molecule has 1 N–H and O–H groups in total. The van der Waals surface area contributed by atoms with Crippen molar-refractivity contribution in [3.63, 3.8) is 0 Å². The van der Waals surface area contributed by atoms with Crippen LogP contribution in [0, 0.1) is 0 Å². The summed E-state index contributed by atoms with van der Waals surface area (Å²) in [6.45, 7) is 3.79. The molecule has 0 aliphatic heterocycles.